The van der Waals surface area contributed by atoms with Gasteiger partial charge < -0.3 is 14.4 Å². The molecule has 1 aliphatic carbocycles. The Morgan fingerprint density at radius 3 is 2.83 bits per heavy atom. The highest BCUT2D eigenvalue weighted by Gasteiger charge is 2.54. The molecule has 1 spiro atoms. The Bertz CT molecular complexity index is 1410. The molecular formula is C24H19BClFN6O3. The third kappa shape index (κ3) is 4.01. The first-order chi connectivity index (χ1) is 17.4. The van der Waals surface area contributed by atoms with Gasteiger partial charge in [0.1, 0.15) is 23.4 Å². The number of hydrogen-bond donors (Lipinski definition) is 0. The van der Waals surface area contributed by atoms with Crippen LogP contribution in [0.1, 0.15) is 34.5 Å². The van der Waals surface area contributed by atoms with E-state index in [1.165, 1.54) is 12.1 Å². The molecule has 0 N–H and O–H groups in total. The van der Waals surface area contributed by atoms with E-state index in [9.17, 15) is 14.4 Å². The fraction of sp³-hybridized carbons (Fsp3) is 0.333. The summed E-state index contributed by atoms with van der Waals surface area (Å²) >= 11 is 6.01. The van der Waals surface area contributed by atoms with Gasteiger partial charge in [-0.2, -0.15) is 4.98 Å². The predicted octanol–water partition coefficient (Wildman–Crippen LogP) is 3.45. The van der Waals surface area contributed by atoms with Crippen LogP contribution >= 0.6 is 11.6 Å². The smallest absolute Gasteiger partial charge is 0.282 e. The molecule has 0 radical (unpaired) electrons. The minimum absolute atomic E-state index is 0.0231. The number of pyridine rings is 1. The molecule has 180 valence electrons. The van der Waals surface area contributed by atoms with Crippen LogP contribution in [0.3, 0.4) is 0 Å². The third-order valence-electron chi connectivity index (χ3n) is 7.06. The summed E-state index contributed by atoms with van der Waals surface area (Å²) in [5.74, 6) is 3.29. The second-order valence-corrected chi connectivity index (χ2v) is 9.92. The first-order valence-corrected chi connectivity index (χ1v) is 11.9. The van der Waals surface area contributed by atoms with E-state index < -0.39 is 5.82 Å². The average molecular weight is 505 g/mol. The molecule has 36 heavy (non-hydrogen) atoms. The Labute approximate surface area is 211 Å². The van der Waals surface area contributed by atoms with Crippen LogP contribution in [0, 0.1) is 22.5 Å². The molecule has 2 aliphatic heterocycles. The van der Waals surface area contributed by atoms with Crippen molar-refractivity contribution in [2.75, 3.05) is 18.0 Å². The van der Waals surface area contributed by atoms with Crippen molar-refractivity contribution < 1.29 is 18.7 Å². The highest BCUT2D eigenvalue weighted by molar-refractivity contribution is 6.67. The number of ether oxygens (including phenoxy) is 2. The number of fused-ring (bicyclic) bond motifs is 1. The van der Waals surface area contributed by atoms with Crippen LogP contribution in [-0.2, 0) is 12.6 Å². The van der Waals surface area contributed by atoms with E-state index in [1.807, 2.05) is 11.0 Å². The molecular weight excluding hydrogens is 486 g/mol. The molecule has 0 amide bonds. The molecule has 2 fully saturated rings. The second kappa shape index (κ2) is 8.71. The molecule has 0 bridgehead atoms. The number of carbonyl (C=O) groups is 1. The van der Waals surface area contributed by atoms with E-state index in [0.29, 0.717) is 37.8 Å². The van der Waals surface area contributed by atoms with Crippen LogP contribution in [0.2, 0.25) is 5.28 Å². The molecule has 4 heterocycles. The minimum atomic E-state index is -0.543. The van der Waals surface area contributed by atoms with Crippen molar-refractivity contribution in [2.24, 2.45) is 5.41 Å². The monoisotopic (exact) mass is 504 g/mol. The summed E-state index contributed by atoms with van der Waals surface area (Å²) in [6.07, 6.45) is 5.50. The average Bonchev–Trinajstić information content (AvgIpc) is 3.26. The van der Waals surface area contributed by atoms with Crippen LogP contribution in [-0.4, -0.2) is 52.4 Å². The van der Waals surface area contributed by atoms with Crippen LogP contribution < -0.4 is 14.4 Å². The first kappa shape index (κ1) is 22.7. The number of aromatic nitrogens is 4. The van der Waals surface area contributed by atoms with E-state index >= 15 is 0 Å². The number of halogens is 2. The summed E-state index contributed by atoms with van der Waals surface area (Å²) in [6, 6.07) is 5.53. The summed E-state index contributed by atoms with van der Waals surface area (Å²) in [5.41, 5.74) is 2.16. The maximum atomic E-state index is 13.5. The molecule has 3 aromatic rings. The number of carbonyl (C=O) groups excluding carboxylic acids is 1. The van der Waals surface area contributed by atoms with Crippen molar-refractivity contribution in [3.8, 4) is 23.3 Å². The Balaban J connectivity index is 1.12. The van der Waals surface area contributed by atoms with Gasteiger partial charge in [0, 0.05) is 41.9 Å². The summed E-state index contributed by atoms with van der Waals surface area (Å²) < 4.78 is 25.6. The molecule has 9 nitrogen and oxygen atoms in total. The molecule has 2 aromatic heterocycles. The van der Waals surface area contributed by atoms with Gasteiger partial charge in [-0.05, 0) is 61.3 Å². The maximum absolute atomic E-state index is 13.5. The molecule has 12 heteroatoms. The largest absolute Gasteiger partial charge is 0.490 e. The molecule has 3 aliphatic rings. The second-order valence-electron chi connectivity index (χ2n) is 9.58. The summed E-state index contributed by atoms with van der Waals surface area (Å²) in [6.45, 7) is 1.40. The number of rotatable bonds is 6. The van der Waals surface area contributed by atoms with Crippen LogP contribution in [0.25, 0.3) is 0 Å². The van der Waals surface area contributed by atoms with Crippen molar-refractivity contribution in [1.82, 2.24) is 20.2 Å². The fourth-order valence-corrected chi connectivity index (χ4v) is 5.49. The van der Waals surface area contributed by atoms with E-state index in [-0.39, 0.29) is 40.7 Å². The molecule has 6 rings (SSSR count). The SMILES string of the molecule is N#CB1Cc2nccc(OC3CC4(C3)CN(c3nc(Cl)nnc3Oc3ccc(F)cc3C=O)C4)c2C1. The van der Waals surface area contributed by atoms with E-state index in [1.54, 1.807) is 6.20 Å². The number of aldehydes is 1. The zero-order valence-corrected chi connectivity index (χ0v) is 19.8. The van der Waals surface area contributed by atoms with Crippen molar-refractivity contribution in [3.63, 3.8) is 0 Å². The fourth-order valence-electron chi connectivity index (χ4n) is 5.37. The van der Waals surface area contributed by atoms with Crippen LogP contribution in [0.15, 0.2) is 30.5 Å². The van der Waals surface area contributed by atoms with Gasteiger partial charge in [0.25, 0.3) is 12.6 Å². The lowest BCUT2D eigenvalue weighted by Gasteiger charge is -2.58. The van der Waals surface area contributed by atoms with Gasteiger partial charge in [-0.3, -0.25) is 9.78 Å². The number of benzene rings is 1. The molecule has 0 atom stereocenters. The zero-order chi connectivity index (χ0) is 24.9. The summed E-state index contributed by atoms with van der Waals surface area (Å²) in [5, 5.41) is 17.0. The highest BCUT2D eigenvalue weighted by atomic mass is 35.5. The van der Waals surface area contributed by atoms with Gasteiger partial charge in [-0.15, -0.1) is 10.2 Å². The topological polar surface area (TPSA) is 114 Å². The Hall–Kier alpha value is -3.78. The zero-order valence-electron chi connectivity index (χ0n) is 19.0. The van der Waals surface area contributed by atoms with Crippen molar-refractivity contribution in [1.29, 1.82) is 5.26 Å². The molecule has 1 aromatic carbocycles. The first-order valence-electron chi connectivity index (χ1n) is 11.6. The predicted molar refractivity (Wildman–Crippen MR) is 128 cm³/mol. The summed E-state index contributed by atoms with van der Waals surface area (Å²) in [4.78, 5) is 22.0. The van der Waals surface area contributed by atoms with Crippen molar-refractivity contribution >= 4 is 30.4 Å². The lowest BCUT2D eigenvalue weighted by atomic mass is 9.49. The molecule has 1 saturated carbocycles. The van der Waals surface area contributed by atoms with Crippen molar-refractivity contribution in [3.05, 3.63) is 58.4 Å². The summed E-state index contributed by atoms with van der Waals surface area (Å²) in [7, 11) is 0. The number of nitrogens with zero attached hydrogens (tertiary/aromatic N) is 6. The maximum Gasteiger partial charge on any atom is 0.282 e. The third-order valence-corrected chi connectivity index (χ3v) is 7.22. The Morgan fingerprint density at radius 1 is 1.22 bits per heavy atom. The standard InChI is InChI=1S/C24H19BClFN6O3/c26-23-30-21(22(31-32-23)36-19-2-1-15(27)5-14(19)10-34)33-11-24(12-33)6-16(7-24)35-20-3-4-29-18-9-25(13-28)8-17(18)20/h1-5,10,16H,6-9,11-12H2. The number of anilines is 1. The lowest BCUT2D eigenvalue weighted by molar-refractivity contribution is -0.0348. The van der Waals surface area contributed by atoms with Crippen LogP contribution in [0.5, 0.6) is 17.4 Å². The number of hydrogen-bond acceptors (Lipinski definition) is 9. The normalized spacial score (nSPS) is 17.7. The highest BCUT2D eigenvalue weighted by Crippen LogP contribution is 2.52. The van der Waals surface area contributed by atoms with Gasteiger partial charge in [-0.25, -0.2) is 9.65 Å². The van der Waals surface area contributed by atoms with Gasteiger partial charge >= 0.3 is 0 Å². The Morgan fingerprint density at radius 2 is 2.06 bits per heavy atom. The minimum Gasteiger partial charge on any atom is -0.490 e. The van der Waals surface area contributed by atoms with E-state index in [4.69, 9.17) is 21.1 Å². The van der Waals surface area contributed by atoms with Crippen LogP contribution in [0.4, 0.5) is 10.2 Å². The number of nitriles is 1. The van der Waals surface area contributed by atoms with Gasteiger partial charge in [0.2, 0.25) is 5.28 Å². The molecule has 1 saturated heterocycles. The molecule has 0 unspecified atom stereocenters. The lowest BCUT2D eigenvalue weighted by Crippen LogP contribution is -2.65. The Kier molecular flexibility index (Phi) is 5.49. The van der Waals surface area contributed by atoms with Crippen molar-refractivity contribution in [2.45, 2.75) is 31.6 Å². The van der Waals surface area contributed by atoms with Gasteiger partial charge in [0.15, 0.2) is 12.1 Å². The van der Waals surface area contributed by atoms with Gasteiger partial charge in [-0.1, -0.05) is 0 Å². The van der Waals surface area contributed by atoms with E-state index in [0.717, 1.165) is 35.9 Å². The quantitative estimate of drug-likeness (QED) is 0.368. The van der Waals surface area contributed by atoms with Gasteiger partial charge in [0.05, 0.1) is 5.56 Å². The van der Waals surface area contributed by atoms with E-state index in [2.05, 4.69) is 26.1 Å².